The Kier molecular flexibility index (Phi) is 4.12. The second-order valence-corrected chi connectivity index (χ2v) is 6.80. The van der Waals surface area contributed by atoms with E-state index in [1.54, 1.807) is 18.2 Å². The fraction of sp³-hybridized carbons (Fsp3) is 0.0500. The summed E-state index contributed by atoms with van der Waals surface area (Å²) in [5.41, 5.74) is 2.51. The number of carbonyl (C=O) groups is 1. The minimum Gasteiger partial charge on any atom is -0.465 e. The van der Waals surface area contributed by atoms with E-state index in [-0.39, 0.29) is 0 Å². The first-order chi connectivity index (χ1) is 12.3. The maximum absolute atomic E-state index is 12.0. The Morgan fingerprint density at radius 2 is 1.56 bits per heavy atom. The summed E-state index contributed by atoms with van der Waals surface area (Å²) in [5, 5.41) is 0.982. The first-order valence-corrected chi connectivity index (χ1v) is 8.97. The third kappa shape index (κ3) is 2.86. The number of ether oxygens (including phenoxy) is 1. The number of esters is 1. The molecule has 3 aromatic carbocycles. The van der Waals surface area contributed by atoms with Crippen molar-refractivity contribution in [2.45, 2.75) is 0 Å². The molecule has 3 aromatic rings. The monoisotopic (exact) mass is 350 g/mol. The molecule has 4 rings (SSSR count). The van der Waals surface area contributed by atoms with Gasteiger partial charge in [0.25, 0.3) is 0 Å². The minimum atomic E-state index is -1.40. The van der Waals surface area contributed by atoms with Gasteiger partial charge in [-0.3, -0.25) is 0 Å². The molecule has 0 N–H and O–H groups in total. The molecular weight excluding hydrogens is 335 g/mol. The maximum Gasteiger partial charge on any atom is 0.341 e. The van der Waals surface area contributed by atoms with Crippen LogP contribution in [-0.2, 0) is 4.74 Å². The van der Waals surface area contributed by atoms with Crippen molar-refractivity contribution in [2.24, 2.45) is 0 Å². The molecule has 0 saturated heterocycles. The molecule has 0 spiro atoms. The normalized spacial score (nSPS) is 14.7. The van der Waals surface area contributed by atoms with Gasteiger partial charge in [0.1, 0.15) is 17.1 Å². The first kappa shape index (κ1) is 15.7. The van der Waals surface area contributed by atoms with E-state index in [0.29, 0.717) is 11.3 Å². The van der Waals surface area contributed by atoms with E-state index in [0.717, 1.165) is 22.2 Å². The summed E-state index contributed by atoms with van der Waals surface area (Å²) in [6.07, 6.45) is 0. The molecule has 0 amide bonds. The van der Waals surface area contributed by atoms with E-state index in [2.05, 4.69) is 6.07 Å². The molecular formula is C20H15O4P. The number of benzene rings is 3. The number of para-hydroxylation sites is 2. The van der Waals surface area contributed by atoms with E-state index in [1.807, 2.05) is 48.5 Å². The second-order valence-electron chi connectivity index (χ2n) is 5.44. The zero-order chi connectivity index (χ0) is 17.2. The Balaban J connectivity index is 1.75. The number of hydrogen-bond acceptors (Lipinski definition) is 4. The van der Waals surface area contributed by atoms with Crippen molar-refractivity contribution in [2.75, 3.05) is 7.11 Å². The first-order valence-electron chi connectivity index (χ1n) is 7.80. The Morgan fingerprint density at radius 3 is 2.40 bits per heavy atom. The lowest BCUT2D eigenvalue weighted by Crippen LogP contribution is -2.18. The minimum absolute atomic E-state index is 0.382. The van der Waals surface area contributed by atoms with E-state index in [9.17, 15) is 4.79 Å². The van der Waals surface area contributed by atoms with Gasteiger partial charge in [-0.05, 0) is 29.8 Å². The molecule has 25 heavy (non-hydrogen) atoms. The van der Waals surface area contributed by atoms with Gasteiger partial charge in [0.2, 0.25) is 0 Å². The fourth-order valence-electron chi connectivity index (χ4n) is 2.75. The highest BCUT2D eigenvalue weighted by Crippen LogP contribution is 2.49. The third-order valence-electron chi connectivity index (χ3n) is 3.93. The van der Waals surface area contributed by atoms with Gasteiger partial charge in [-0.2, -0.15) is 0 Å². The highest BCUT2D eigenvalue weighted by atomic mass is 31.2. The summed E-state index contributed by atoms with van der Waals surface area (Å²) in [5.74, 6) is 0.800. The number of hydrogen-bond donors (Lipinski definition) is 0. The lowest BCUT2D eigenvalue weighted by atomic mass is 10.0. The molecule has 0 radical (unpaired) electrons. The predicted molar refractivity (Wildman–Crippen MR) is 97.5 cm³/mol. The molecule has 4 nitrogen and oxygen atoms in total. The van der Waals surface area contributed by atoms with Crippen LogP contribution in [0.4, 0.5) is 0 Å². The Bertz CT molecular complexity index is 938. The van der Waals surface area contributed by atoms with Crippen molar-refractivity contribution >= 4 is 19.6 Å². The van der Waals surface area contributed by atoms with E-state index < -0.39 is 14.3 Å². The average Bonchev–Trinajstić information content (AvgIpc) is 2.68. The van der Waals surface area contributed by atoms with Crippen LogP contribution in [0, 0.1) is 0 Å². The molecule has 1 atom stereocenters. The van der Waals surface area contributed by atoms with Crippen LogP contribution in [0.2, 0.25) is 0 Å². The van der Waals surface area contributed by atoms with Crippen molar-refractivity contribution in [1.29, 1.82) is 0 Å². The van der Waals surface area contributed by atoms with Gasteiger partial charge in [-0.15, -0.1) is 0 Å². The highest BCUT2D eigenvalue weighted by Gasteiger charge is 2.30. The number of fused-ring (bicyclic) bond motifs is 3. The number of methoxy groups -OCH3 is 1. The molecule has 1 heterocycles. The lowest BCUT2D eigenvalue weighted by molar-refractivity contribution is 0.0599. The smallest absolute Gasteiger partial charge is 0.341 e. The van der Waals surface area contributed by atoms with Crippen LogP contribution < -0.4 is 14.4 Å². The Labute approximate surface area is 146 Å². The van der Waals surface area contributed by atoms with Gasteiger partial charge in [0.15, 0.2) is 0 Å². The zero-order valence-electron chi connectivity index (χ0n) is 13.5. The van der Waals surface area contributed by atoms with Crippen LogP contribution in [0.1, 0.15) is 10.4 Å². The predicted octanol–water partition coefficient (Wildman–Crippen LogP) is 4.55. The third-order valence-corrected chi connectivity index (χ3v) is 5.44. The van der Waals surface area contributed by atoms with Gasteiger partial charge >= 0.3 is 14.3 Å². The maximum atomic E-state index is 12.0. The standard InChI is InChI=1S/C20H15O4P/c1-22-20(21)16-10-3-6-12-18(16)24-25-19-13-7-4-9-15(19)14-8-2-5-11-17(14)23-25/h2-13H,1H3. The molecule has 0 fully saturated rings. The molecule has 0 saturated carbocycles. The fourth-order valence-corrected chi connectivity index (χ4v) is 4.26. The quantitative estimate of drug-likeness (QED) is 0.514. The van der Waals surface area contributed by atoms with Crippen molar-refractivity contribution < 1.29 is 18.6 Å². The van der Waals surface area contributed by atoms with Gasteiger partial charge in [-0.1, -0.05) is 48.5 Å². The molecule has 0 aromatic heterocycles. The van der Waals surface area contributed by atoms with E-state index in [4.69, 9.17) is 13.8 Å². The molecule has 124 valence electrons. The van der Waals surface area contributed by atoms with Crippen molar-refractivity contribution in [1.82, 2.24) is 0 Å². The Hall–Kier alpha value is -2.84. The molecule has 1 aliphatic rings. The molecule has 1 aliphatic heterocycles. The number of carbonyl (C=O) groups excluding carboxylic acids is 1. The Morgan fingerprint density at radius 1 is 0.880 bits per heavy atom. The summed E-state index contributed by atoms with van der Waals surface area (Å²) in [6, 6.07) is 22.9. The lowest BCUT2D eigenvalue weighted by Gasteiger charge is -2.27. The summed E-state index contributed by atoms with van der Waals surface area (Å²) >= 11 is 0. The van der Waals surface area contributed by atoms with Crippen LogP contribution in [0.5, 0.6) is 11.5 Å². The molecule has 0 aliphatic carbocycles. The topological polar surface area (TPSA) is 44.8 Å². The summed E-state index contributed by atoms with van der Waals surface area (Å²) in [4.78, 5) is 12.0. The largest absolute Gasteiger partial charge is 0.465 e. The second kappa shape index (κ2) is 6.58. The van der Waals surface area contributed by atoms with Gasteiger partial charge in [0.05, 0.1) is 12.4 Å². The zero-order valence-corrected chi connectivity index (χ0v) is 14.4. The molecule has 5 heteroatoms. The van der Waals surface area contributed by atoms with Crippen LogP contribution >= 0.6 is 8.38 Å². The van der Waals surface area contributed by atoms with Crippen LogP contribution in [0.3, 0.4) is 0 Å². The molecule has 0 bridgehead atoms. The van der Waals surface area contributed by atoms with Crippen LogP contribution in [0.15, 0.2) is 72.8 Å². The number of rotatable bonds is 3. The average molecular weight is 350 g/mol. The van der Waals surface area contributed by atoms with Gasteiger partial charge in [-0.25, -0.2) is 4.79 Å². The molecule has 1 unspecified atom stereocenters. The van der Waals surface area contributed by atoms with Gasteiger partial charge < -0.3 is 13.8 Å². The van der Waals surface area contributed by atoms with Gasteiger partial charge in [0, 0.05) is 5.56 Å². The van der Waals surface area contributed by atoms with Crippen molar-refractivity contribution in [3.05, 3.63) is 78.4 Å². The van der Waals surface area contributed by atoms with Crippen LogP contribution in [-0.4, -0.2) is 13.1 Å². The summed E-state index contributed by atoms with van der Waals surface area (Å²) in [7, 11) is -0.0500. The van der Waals surface area contributed by atoms with E-state index >= 15 is 0 Å². The van der Waals surface area contributed by atoms with Crippen molar-refractivity contribution in [3.8, 4) is 22.6 Å². The highest BCUT2D eigenvalue weighted by molar-refractivity contribution is 7.57. The van der Waals surface area contributed by atoms with E-state index in [1.165, 1.54) is 7.11 Å². The van der Waals surface area contributed by atoms with Crippen LogP contribution in [0.25, 0.3) is 11.1 Å². The van der Waals surface area contributed by atoms with Crippen molar-refractivity contribution in [3.63, 3.8) is 0 Å². The SMILES string of the molecule is COC(=O)c1ccccc1OP1Oc2ccccc2-c2ccccc21. The summed E-state index contributed by atoms with van der Waals surface area (Å²) in [6.45, 7) is 0. The summed E-state index contributed by atoms with van der Waals surface area (Å²) < 4.78 is 17.1.